The first kappa shape index (κ1) is 22.0. The maximum absolute atomic E-state index is 12.8. The summed E-state index contributed by atoms with van der Waals surface area (Å²) in [6.45, 7) is 2.17. The van der Waals surface area contributed by atoms with Crippen molar-refractivity contribution in [2.24, 2.45) is 17.8 Å². The highest BCUT2D eigenvalue weighted by atomic mass is 32.2. The summed E-state index contributed by atoms with van der Waals surface area (Å²) in [6, 6.07) is 18.0. The standard InChI is InChI=1S/C26H30N4O2S/c1-17(23-15-18-8-9-20(23)14-18)27-24(31)16-33-26-29-28-25(19-10-12-22(32-2)13-11-19)30(26)21-6-4-3-5-7-21/h3-7,10-13,17-18,20,23H,8-9,14-16H2,1-2H3,(H,27,31). The third kappa shape index (κ3) is 4.64. The van der Waals surface area contributed by atoms with E-state index in [1.807, 2.05) is 59.2 Å². The molecule has 7 heteroatoms. The number of aromatic nitrogens is 3. The fourth-order valence-corrected chi connectivity index (χ4v) is 6.30. The molecule has 4 atom stereocenters. The Morgan fingerprint density at radius 2 is 1.91 bits per heavy atom. The first-order chi connectivity index (χ1) is 16.1. The molecular weight excluding hydrogens is 432 g/mol. The van der Waals surface area contributed by atoms with Crippen LogP contribution >= 0.6 is 11.8 Å². The molecule has 2 aromatic carbocycles. The first-order valence-corrected chi connectivity index (χ1v) is 12.7. The highest BCUT2D eigenvalue weighted by Crippen LogP contribution is 2.49. The summed E-state index contributed by atoms with van der Waals surface area (Å²) < 4.78 is 7.30. The van der Waals surface area contributed by atoms with Gasteiger partial charge >= 0.3 is 0 Å². The van der Waals surface area contributed by atoms with Crippen LogP contribution in [-0.2, 0) is 4.79 Å². The Morgan fingerprint density at radius 1 is 1.12 bits per heavy atom. The van der Waals surface area contributed by atoms with Gasteiger partial charge in [-0.1, -0.05) is 36.4 Å². The molecule has 3 aromatic rings. The Kier molecular flexibility index (Phi) is 6.40. The Morgan fingerprint density at radius 3 is 2.58 bits per heavy atom. The molecule has 33 heavy (non-hydrogen) atoms. The van der Waals surface area contributed by atoms with Crippen molar-refractivity contribution in [2.75, 3.05) is 12.9 Å². The van der Waals surface area contributed by atoms with E-state index in [1.165, 1.54) is 37.4 Å². The number of hydrogen-bond donors (Lipinski definition) is 1. The molecule has 2 fully saturated rings. The maximum Gasteiger partial charge on any atom is 0.230 e. The van der Waals surface area contributed by atoms with Crippen LogP contribution in [0.25, 0.3) is 17.1 Å². The Hall–Kier alpha value is -2.80. The second-order valence-electron chi connectivity index (χ2n) is 9.19. The number of carbonyl (C=O) groups is 1. The quantitative estimate of drug-likeness (QED) is 0.479. The number of methoxy groups -OCH3 is 1. The van der Waals surface area contributed by atoms with Crippen molar-refractivity contribution in [3.8, 4) is 22.8 Å². The molecule has 172 valence electrons. The van der Waals surface area contributed by atoms with Gasteiger partial charge in [0, 0.05) is 17.3 Å². The lowest BCUT2D eigenvalue weighted by Gasteiger charge is -2.28. The van der Waals surface area contributed by atoms with Crippen molar-refractivity contribution in [3.63, 3.8) is 0 Å². The van der Waals surface area contributed by atoms with E-state index in [9.17, 15) is 4.79 Å². The number of thioether (sulfide) groups is 1. The van der Waals surface area contributed by atoms with Crippen molar-refractivity contribution in [2.45, 2.75) is 43.8 Å². The molecule has 0 spiro atoms. The van der Waals surface area contributed by atoms with Crippen molar-refractivity contribution in [1.29, 1.82) is 0 Å². The van der Waals surface area contributed by atoms with E-state index in [1.54, 1.807) is 7.11 Å². The lowest BCUT2D eigenvalue weighted by atomic mass is 9.84. The van der Waals surface area contributed by atoms with Crippen LogP contribution in [0.3, 0.4) is 0 Å². The van der Waals surface area contributed by atoms with Crippen LogP contribution in [-0.4, -0.2) is 39.6 Å². The molecule has 1 amide bonds. The smallest absolute Gasteiger partial charge is 0.230 e. The van der Waals surface area contributed by atoms with Crippen LogP contribution in [0.4, 0.5) is 0 Å². The van der Waals surface area contributed by atoms with Crippen LogP contribution in [0.5, 0.6) is 5.75 Å². The van der Waals surface area contributed by atoms with Crippen LogP contribution in [0.1, 0.15) is 32.6 Å². The van der Waals surface area contributed by atoms with Crippen molar-refractivity contribution in [1.82, 2.24) is 20.1 Å². The highest BCUT2D eigenvalue weighted by molar-refractivity contribution is 7.99. The van der Waals surface area contributed by atoms with Crippen molar-refractivity contribution < 1.29 is 9.53 Å². The van der Waals surface area contributed by atoms with E-state index < -0.39 is 0 Å². The summed E-state index contributed by atoms with van der Waals surface area (Å²) in [5, 5.41) is 12.9. The third-order valence-electron chi connectivity index (χ3n) is 7.15. The van der Waals surface area contributed by atoms with E-state index in [-0.39, 0.29) is 11.9 Å². The van der Waals surface area contributed by atoms with Crippen molar-refractivity contribution >= 4 is 17.7 Å². The molecule has 1 aromatic heterocycles. The number of carbonyl (C=O) groups excluding carboxylic acids is 1. The summed E-state index contributed by atoms with van der Waals surface area (Å²) in [6.07, 6.45) is 5.34. The molecule has 4 unspecified atom stereocenters. The zero-order chi connectivity index (χ0) is 22.8. The zero-order valence-electron chi connectivity index (χ0n) is 19.1. The number of nitrogens with one attached hydrogen (secondary N) is 1. The summed E-state index contributed by atoms with van der Waals surface area (Å²) in [4.78, 5) is 12.8. The van der Waals surface area contributed by atoms with E-state index in [4.69, 9.17) is 4.74 Å². The number of para-hydroxylation sites is 1. The predicted molar refractivity (Wildman–Crippen MR) is 131 cm³/mol. The molecule has 0 aliphatic heterocycles. The topological polar surface area (TPSA) is 69.0 Å². The number of rotatable bonds is 8. The normalized spacial score (nSPS) is 22.3. The number of fused-ring (bicyclic) bond motifs is 2. The fourth-order valence-electron chi connectivity index (χ4n) is 5.54. The van der Waals surface area contributed by atoms with Crippen molar-refractivity contribution in [3.05, 3.63) is 54.6 Å². The minimum Gasteiger partial charge on any atom is -0.497 e. The molecule has 5 rings (SSSR count). The van der Waals surface area contributed by atoms with E-state index in [0.717, 1.165) is 34.7 Å². The van der Waals surface area contributed by atoms with E-state index >= 15 is 0 Å². The molecule has 0 saturated heterocycles. The van der Waals surface area contributed by atoms with Gasteiger partial charge in [0.15, 0.2) is 11.0 Å². The van der Waals surface area contributed by atoms with Crippen LogP contribution in [0, 0.1) is 17.8 Å². The van der Waals surface area contributed by atoms with Gasteiger partial charge in [-0.3, -0.25) is 9.36 Å². The zero-order valence-corrected chi connectivity index (χ0v) is 19.9. The maximum atomic E-state index is 12.8. The van der Waals surface area contributed by atoms with Crippen LogP contribution in [0.15, 0.2) is 59.8 Å². The fraction of sp³-hybridized carbons (Fsp3) is 0.423. The molecule has 1 heterocycles. The van der Waals surface area contributed by atoms with Crippen LogP contribution < -0.4 is 10.1 Å². The number of amides is 1. The molecule has 1 N–H and O–H groups in total. The van der Waals surface area contributed by atoms with Gasteiger partial charge in [-0.05, 0) is 80.3 Å². The van der Waals surface area contributed by atoms with Gasteiger partial charge < -0.3 is 10.1 Å². The largest absolute Gasteiger partial charge is 0.497 e. The Bertz CT molecular complexity index is 1100. The van der Waals surface area contributed by atoms with Crippen LogP contribution in [0.2, 0.25) is 0 Å². The van der Waals surface area contributed by atoms with Gasteiger partial charge in [0.05, 0.1) is 12.9 Å². The second kappa shape index (κ2) is 9.59. The molecule has 2 aliphatic rings. The van der Waals surface area contributed by atoms with Gasteiger partial charge in [-0.2, -0.15) is 0 Å². The van der Waals surface area contributed by atoms with Gasteiger partial charge in [-0.15, -0.1) is 10.2 Å². The molecular formula is C26H30N4O2S. The predicted octanol–water partition coefficient (Wildman–Crippen LogP) is 4.98. The SMILES string of the molecule is COc1ccc(-c2nnc(SCC(=O)NC(C)C3CC4CCC3C4)n2-c2ccccc2)cc1. The monoisotopic (exact) mass is 462 g/mol. The molecule has 6 nitrogen and oxygen atoms in total. The van der Waals surface area contributed by atoms with E-state index in [0.29, 0.717) is 16.8 Å². The lowest BCUT2D eigenvalue weighted by Crippen LogP contribution is -2.40. The highest BCUT2D eigenvalue weighted by Gasteiger charge is 2.42. The molecule has 2 aliphatic carbocycles. The molecule has 2 bridgehead atoms. The first-order valence-electron chi connectivity index (χ1n) is 11.7. The minimum absolute atomic E-state index is 0.0592. The van der Waals surface area contributed by atoms with E-state index in [2.05, 4.69) is 22.4 Å². The number of nitrogens with zero attached hydrogens (tertiary/aromatic N) is 3. The summed E-state index contributed by atoms with van der Waals surface area (Å²) in [5.41, 5.74) is 1.90. The Balaban J connectivity index is 1.31. The molecule has 2 saturated carbocycles. The molecule has 0 radical (unpaired) electrons. The minimum atomic E-state index is 0.0592. The Labute approximate surface area is 199 Å². The number of hydrogen-bond acceptors (Lipinski definition) is 5. The summed E-state index contributed by atoms with van der Waals surface area (Å²) in [7, 11) is 1.65. The van der Waals surface area contributed by atoms with Gasteiger partial charge in [0.2, 0.25) is 5.91 Å². The van der Waals surface area contributed by atoms with Gasteiger partial charge in [0.25, 0.3) is 0 Å². The second-order valence-corrected chi connectivity index (χ2v) is 10.1. The average molecular weight is 463 g/mol. The summed E-state index contributed by atoms with van der Waals surface area (Å²) >= 11 is 1.43. The van der Waals surface area contributed by atoms with Gasteiger partial charge in [0.1, 0.15) is 5.75 Å². The number of ether oxygens (including phenoxy) is 1. The average Bonchev–Trinajstić information content (AvgIpc) is 3.59. The number of benzene rings is 2. The summed E-state index contributed by atoms with van der Waals surface area (Å²) in [5.74, 6) is 4.22. The van der Waals surface area contributed by atoms with Gasteiger partial charge in [-0.25, -0.2) is 0 Å². The lowest BCUT2D eigenvalue weighted by molar-refractivity contribution is -0.119. The third-order valence-corrected chi connectivity index (χ3v) is 8.08.